The number of hydrogen-bond acceptors (Lipinski definition) is 3. The van der Waals surface area contributed by atoms with Gasteiger partial charge >= 0.3 is 0 Å². The van der Waals surface area contributed by atoms with Gasteiger partial charge in [0.05, 0.1) is 5.69 Å². The summed E-state index contributed by atoms with van der Waals surface area (Å²) in [4.78, 5) is 2.36. The molecule has 0 spiro atoms. The Hall–Kier alpha value is -2.16. The van der Waals surface area contributed by atoms with E-state index in [1.807, 2.05) is 18.2 Å². The molecular weight excluding hydrogens is 248 g/mol. The van der Waals surface area contributed by atoms with E-state index in [-0.39, 0.29) is 5.75 Å². The summed E-state index contributed by atoms with van der Waals surface area (Å²) in [6.07, 6.45) is 0.896. The highest BCUT2D eigenvalue weighted by Crippen LogP contribution is 2.23. The largest absolute Gasteiger partial charge is 0.506 e. The Morgan fingerprint density at radius 3 is 2.45 bits per heavy atom. The monoisotopic (exact) mass is 270 g/mol. The highest BCUT2D eigenvalue weighted by Gasteiger charge is 2.13. The van der Waals surface area contributed by atoms with Gasteiger partial charge in [0.15, 0.2) is 0 Å². The lowest BCUT2D eigenvalue weighted by Gasteiger charge is -2.30. The first-order chi connectivity index (χ1) is 9.61. The summed E-state index contributed by atoms with van der Waals surface area (Å²) < 4.78 is 0. The molecule has 0 aliphatic carbocycles. The van der Waals surface area contributed by atoms with Crippen molar-refractivity contribution in [3.8, 4) is 5.75 Å². The number of benzene rings is 2. The van der Waals surface area contributed by atoms with E-state index in [4.69, 9.17) is 5.73 Å². The maximum Gasteiger partial charge on any atom is 0.138 e. The maximum atomic E-state index is 9.48. The normalized spacial score (nSPS) is 12.1. The van der Waals surface area contributed by atoms with E-state index in [1.54, 1.807) is 6.07 Å². The van der Waals surface area contributed by atoms with Crippen LogP contribution < -0.4 is 10.6 Å². The SMILES string of the molecule is CCN(c1ccccc1)C(C)Cc1ccc(O)c(N)c1. The molecule has 3 N–H and O–H groups in total. The number of nitrogens with two attached hydrogens (primary N) is 1. The molecule has 106 valence electrons. The fraction of sp³-hybridized carbons (Fsp3) is 0.294. The van der Waals surface area contributed by atoms with Crippen LogP contribution in [0.3, 0.4) is 0 Å². The van der Waals surface area contributed by atoms with E-state index in [0.717, 1.165) is 18.5 Å². The molecule has 3 nitrogen and oxygen atoms in total. The zero-order valence-corrected chi connectivity index (χ0v) is 12.1. The molecule has 0 radical (unpaired) electrons. The Morgan fingerprint density at radius 2 is 1.85 bits per heavy atom. The summed E-state index contributed by atoms with van der Waals surface area (Å²) in [6.45, 7) is 5.33. The molecule has 2 rings (SSSR count). The van der Waals surface area contributed by atoms with Crippen LogP contribution in [0.4, 0.5) is 11.4 Å². The molecule has 2 aromatic carbocycles. The molecule has 0 amide bonds. The van der Waals surface area contributed by atoms with Gasteiger partial charge in [0.25, 0.3) is 0 Å². The van der Waals surface area contributed by atoms with Crippen molar-refractivity contribution in [2.45, 2.75) is 26.3 Å². The van der Waals surface area contributed by atoms with Crippen LogP contribution in [-0.2, 0) is 6.42 Å². The van der Waals surface area contributed by atoms with Gasteiger partial charge < -0.3 is 15.7 Å². The van der Waals surface area contributed by atoms with Crippen LogP contribution in [-0.4, -0.2) is 17.7 Å². The third-order valence-corrected chi connectivity index (χ3v) is 3.58. The van der Waals surface area contributed by atoms with Crippen LogP contribution in [0.2, 0.25) is 0 Å². The van der Waals surface area contributed by atoms with Gasteiger partial charge in [-0.1, -0.05) is 24.3 Å². The Kier molecular flexibility index (Phi) is 4.51. The third kappa shape index (κ3) is 3.23. The Balaban J connectivity index is 2.13. The van der Waals surface area contributed by atoms with Gasteiger partial charge in [0.2, 0.25) is 0 Å². The molecule has 0 bridgehead atoms. The van der Waals surface area contributed by atoms with Gasteiger partial charge in [-0.05, 0) is 50.1 Å². The van der Waals surface area contributed by atoms with E-state index in [9.17, 15) is 5.11 Å². The summed E-state index contributed by atoms with van der Waals surface area (Å²) in [5.41, 5.74) is 8.57. The number of phenolic OH excluding ortho intramolecular Hbond substituents is 1. The van der Waals surface area contributed by atoms with Crippen molar-refractivity contribution in [1.82, 2.24) is 0 Å². The first kappa shape index (κ1) is 14.3. The number of likely N-dealkylation sites (N-methyl/N-ethyl adjacent to an activating group) is 1. The Morgan fingerprint density at radius 1 is 1.15 bits per heavy atom. The number of rotatable bonds is 5. The minimum atomic E-state index is 0.150. The number of para-hydroxylation sites is 1. The van der Waals surface area contributed by atoms with Crippen molar-refractivity contribution < 1.29 is 5.11 Å². The molecule has 0 aromatic heterocycles. The van der Waals surface area contributed by atoms with E-state index in [2.05, 4.69) is 43.0 Å². The van der Waals surface area contributed by atoms with E-state index >= 15 is 0 Å². The van der Waals surface area contributed by atoms with Crippen molar-refractivity contribution in [1.29, 1.82) is 0 Å². The van der Waals surface area contributed by atoms with Gasteiger partial charge in [0.1, 0.15) is 5.75 Å². The molecule has 1 atom stereocenters. The number of nitrogen functional groups attached to an aromatic ring is 1. The van der Waals surface area contributed by atoms with Crippen LogP contribution in [0.5, 0.6) is 5.75 Å². The number of hydrogen-bond donors (Lipinski definition) is 2. The van der Waals surface area contributed by atoms with Gasteiger partial charge in [-0.2, -0.15) is 0 Å². The second-order valence-electron chi connectivity index (χ2n) is 5.07. The molecule has 0 fully saturated rings. The lowest BCUT2D eigenvalue weighted by molar-refractivity contribution is 0.477. The molecule has 1 unspecified atom stereocenters. The first-order valence-electron chi connectivity index (χ1n) is 7.01. The van der Waals surface area contributed by atoms with E-state index in [0.29, 0.717) is 11.7 Å². The Labute approximate surface area is 120 Å². The molecule has 0 aliphatic heterocycles. The molecule has 0 saturated heterocycles. The highest BCUT2D eigenvalue weighted by atomic mass is 16.3. The average Bonchev–Trinajstić information content (AvgIpc) is 2.45. The zero-order chi connectivity index (χ0) is 14.5. The summed E-state index contributed by atoms with van der Waals surface area (Å²) in [5.74, 6) is 0.150. The van der Waals surface area contributed by atoms with Crippen molar-refractivity contribution in [3.05, 3.63) is 54.1 Å². The summed E-state index contributed by atoms with van der Waals surface area (Å²) in [6, 6.07) is 16.2. The highest BCUT2D eigenvalue weighted by molar-refractivity contribution is 5.54. The Bertz CT molecular complexity index is 554. The lowest BCUT2D eigenvalue weighted by atomic mass is 10.0. The fourth-order valence-electron chi connectivity index (χ4n) is 2.55. The topological polar surface area (TPSA) is 49.5 Å². The molecule has 2 aromatic rings. The number of aromatic hydroxyl groups is 1. The zero-order valence-electron chi connectivity index (χ0n) is 12.1. The van der Waals surface area contributed by atoms with Crippen LogP contribution in [0.25, 0.3) is 0 Å². The molecule has 3 heteroatoms. The fourth-order valence-corrected chi connectivity index (χ4v) is 2.55. The molecule has 0 heterocycles. The van der Waals surface area contributed by atoms with Crippen molar-refractivity contribution in [2.75, 3.05) is 17.2 Å². The van der Waals surface area contributed by atoms with Crippen molar-refractivity contribution in [2.24, 2.45) is 0 Å². The molecular formula is C17H22N2O. The third-order valence-electron chi connectivity index (χ3n) is 3.58. The van der Waals surface area contributed by atoms with Crippen molar-refractivity contribution >= 4 is 11.4 Å². The first-order valence-corrected chi connectivity index (χ1v) is 7.01. The standard InChI is InChI=1S/C17H22N2O/c1-3-19(15-7-5-4-6-8-15)13(2)11-14-9-10-17(20)16(18)12-14/h4-10,12-13,20H,3,11,18H2,1-2H3. The maximum absolute atomic E-state index is 9.48. The predicted molar refractivity (Wildman–Crippen MR) is 85.1 cm³/mol. The second kappa shape index (κ2) is 6.33. The predicted octanol–water partition coefficient (Wildman–Crippen LogP) is 3.43. The molecule has 20 heavy (non-hydrogen) atoms. The van der Waals surface area contributed by atoms with Gasteiger partial charge in [-0.25, -0.2) is 0 Å². The average molecular weight is 270 g/mol. The van der Waals surface area contributed by atoms with E-state index < -0.39 is 0 Å². The van der Waals surface area contributed by atoms with Crippen LogP contribution >= 0.6 is 0 Å². The molecule has 0 saturated carbocycles. The number of nitrogens with zero attached hydrogens (tertiary/aromatic N) is 1. The van der Waals surface area contributed by atoms with Gasteiger partial charge in [-0.15, -0.1) is 0 Å². The lowest BCUT2D eigenvalue weighted by Crippen LogP contribution is -2.34. The van der Waals surface area contributed by atoms with Crippen molar-refractivity contribution in [3.63, 3.8) is 0 Å². The van der Waals surface area contributed by atoms with Gasteiger partial charge in [0, 0.05) is 18.3 Å². The minimum absolute atomic E-state index is 0.150. The van der Waals surface area contributed by atoms with Gasteiger partial charge in [-0.3, -0.25) is 0 Å². The van der Waals surface area contributed by atoms with Crippen LogP contribution in [0.1, 0.15) is 19.4 Å². The van der Waals surface area contributed by atoms with Crippen LogP contribution in [0, 0.1) is 0 Å². The quantitative estimate of drug-likeness (QED) is 0.646. The smallest absolute Gasteiger partial charge is 0.138 e. The second-order valence-corrected chi connectivity index (χ2v) is 5.07. The molecule has 0 aliphatic rings. The summed E-state index contributed by atoms with van der Waals surface area (Å²) in [7, 11) is 0. The number of anilines is 2. The summed E-state index contributed by atoms with van der Waals surface area (Å²) >= 11 is 0. The summed E-state index contributed by atoms with van der Waals surface area (Å²) in [5, 5.41) is 9.48. The minimum Gasteiger partial charge on any atom is -0.506 e. The number of phenols is 1. The van der Waals surface area contributed by atoms with Crippen LogP contribution in [0.15, 0.2) is 48.5 Å². The van der Waals surface area contributed by atoms with E-state index in [1.165, 1.54) is 5.69 Å².